The van der Waals surface area contributed by atoms with Crippen LogP contribution in [0, 0.1) is 17.8 Å². The number of benzene rings is 3. The predicted molar refractivity (Wildman–Crippen MR) is 162 cm³/mol. The van der Waals surface area contributed by atoms with Crippen LogP contribution in [0.15, 0.2) is 84.4 Å². The molecule has 218 valence electrons. The van der Waals surface area contributed by atoms with Crippen LogP contribution in [0.2, 0.25) is 0 Å². The molecular weight excluding hydrogens is 542 g/mol. The molecule has 0 unspecified atom stereocenters. The fourth-order valence-corrected chi connectivity index (χ4v) is 8.07. The summed E-state index contributed by atoms with van der Waals surface area (Å²) in [6.07, 6.45) is 9.13. The summed E-state index contributed by atoms with van der Waals surface area (Å²) in [6, 6.07) is 22.8. The summed E-state index contributed by atoms with van der Waals surface area (Å²) in [5, 5.41) is 5.06. The largest absolute Gasteiger partial charge is 0.483 e. The number of amides is 5. The molecule has 8 nitrogen and oxygen atoms in total. The Morgan fingerprint density at radius 3 is 2.16 bits per heavy atom. The van der Waals surface area contributed by atoms with Gasteiger partial charge in [0.25, 0.3) is 17.7 Å². The molecule has 5 fully saturated rings. The Labute approximate surface area is 250 Å². The summed E-state index contributed by atoms with van der Waals surface area (Å²) in [5.74, 6) is 0.898. The Hall–Kier alpha value is -4.72. The molecular formula is C35H33N3O5. The van der Waals surface area contributed by atoms with Gasteiger partial charge in [-0.2, -0.15) is 0 Å². The normalized spacial score (nSPS) is 26.9. The van der Waals surface area contributed by atoms with Crippen molar-refractivity contribution in [2.24, 2.45) is 17.8 Å². The monoisotopic (exact) mass is 575 g/mol. The average molecular weight is 576 g/mol. The standard InChI is InChI=1S/C35H33N3O5/c39-31(36-27-7-2-1-3-8-27)21-43-30-9-5-4-6-25(30)17-29-32(40)37-34(42)38(33(29)41)28-12-10-26(11-13-28)35-18-22-14-23(19-35)16-24(15-22)20-35/h1-13,17,22-24H,14-16,18-21H2,(H,36,39)(H,37,40,42)/b29-17-. The van der Waals surface area contributed by atoms with Gasteiger partial charge in [0, 0.05) is 11.3 Å². The maximum Gasteiger partial charge on any atom is 0.335 e. The van der Waals surface area contributed by atoms with Crippen LogP contribution in [0.1, 0.15) is 49.7 Å². The number of ether oxygens (including phenoxy) is 1. The molecule has 1 aliphatic heterocycles. The summed E-state index contributed by atoms with van der Waals surface area (Å²) in [6.45, 7) is -0.268. The molecule has 1 heterocycles. The van der Waals surface area contributed by atoms with E-state index in [0.29, 0.717) is 22.7 Å². The number of para-hydroxylation sites is 2. The third kappa shape index (κ3) is 5.22. The number of carbonyl (C=O) groups excluding carboxylic acids is 4. The van der Waals surface area contributed by atoms with E-state index in [2.05, 4.69) is 22.8 Å². The van der Waals surface area contributed by atoms with E-state index in [1.54, 1.807) is 36.4 Å². The van der Waals surface area contributed by atoms with Crippen molar-refractivity contribution in [3.63, 3.8) is 0 Å². The highest BCUT2D eigenvalue weighted by atomic mass is 16.5. The van der Waals surface area contributed by atoms with Gasteiger partial charge in [-0.05, 0) is 104 Å². The number of hydrogen-bond donors (Lipinski definition) is 2. The maximum atomic E-state index is 13.6. The van der Waals surface area contributed by atoms with Crippen LogP contribution in [-0.2, 0) is 19.8 Å². The third-order valence-corrected chi connectivity index (χ3v) is 9.51. The van der Waals surface area contributed by atoms with Crippen molar-refractivity contribution in [3.05, 3.63) is 95.6 Å². The number of nitrogens with one attached hydrogen (secondary N) is 2. The zero-order chi connectivity index (χ0) is 29.6. The van der Waals surface area contributed by atoms with Crippen molar-refractivity contribution >= 4 is 41.2 Å². The minimum absolute atomic E-state index is 0.199. The van der Waals surface area contributed by atoms with E-state index in [0.717, 1.165) is 22.7 Å². The minimum atomic E-state index is -0.784. The van der Waals surface area contributed by atoms with Crippen molar-refractivity contribution in [1.29, 1.82) is 0 Å². The Balaban J connectivity index is 1.10. The second kappa shape index (κ2) is 10.8. The average Bonchev–Trinajstić information content (AvgIpc) is 2.99. The summed E-state index contributed by atoms with van der Waals surface area (Å²) >= 11 is 0. The van der Waals surface area contributed by atoms with E-state index >= 15 is 0 Å². The second-order valence-electron chi connectivity index (χ2n) is 12.4. The molecule has 8 heteroatoms. The van der Waals surface area contributed by atoms with Gasteiger partial charge in [0.05, 0.1) is 5.69 Å². The SMILES string of the molecule is O=C(COc1ccccc1/C=C1/C(=O)NC(=O)N(c2ccc(C34CC5CC(CC(C5)C3)C4)cc2)C1=O)Nc1ccccc1. The van der Waals surface area contributed by atoms with Gasteiger partial charge >= 0.3 is 6.03 Å². The van der Waals surface area contributed by atoms with E-state index in [1.807, 2.05) is 30.3 Å². The highest BCUT2D eigenvalue weighted by molar-refractivity contribution is 6.39. The topological polar surface area (TPSA) is 105 Å². The molecule has 5 aliphatic rings. The fourth-order valence-electron chi connectivity index (χ4n) is 8.07. The van der Waals surface area contributed by atoms with Gasteiger partial charge in [0.15, 0.2) is 6.61 Å². The summed E-state index contributed by atoms with van der Waals surface area (Å²) in [7, 11) is 0. The lowest BCUT2D eigenvalue weighted by Crippen LogP contribution is -2.54. The van der Waals surface area contributed by atoms with E-state index < -0.39 is 17.8 Å². The van der Waals surface area contributed by atoms with Crippen LogP contribution < -0.4 is 20.3 Å². The number of carbonyl (C=O) groups is 4. The molecule has 0 atom stereocenters. The number of nitrogens with zero attached hydrogens (tertiary/aromatic N) is 1. The van der Waals surface area contributed by atoms with Gasteiger partial charge < -0.3 is 10.1 Å². The summed E-state index contributed by atoms with van der Waals surface area (Å²) in [4.78, 5) is 52.8. The Bertz CT molecular complexity index is 1590. The van der Waals surface area contributed by atoms with Crippen LogP contribution in [0.3, 0.4) is 0 Å². The number of hydrogen-bond acceptors (Lipinski definition) is 5. The minimum Gasteiger partial charge on any atom is -0.483 e. The molecule has 4 bridgehead atoms. The van der Waals surface area contributed by atoms with Crippen molar-refractivity contribution < 1.29 is 23.9 Å². The van der Waals surface area contributed by atoms with Crippen molar-refractivity contribution in [2.45, 2.75) is 43.9 Å². The third-order valence-electron chi connectivity index (χ3n) is 9.51. The molecule has 5 amide bonds. The zero-order valence-electron chi connectivity index (χ0n) is 23.8. The lowest BCUT2D eigenvalue weighted by Gasteiger charge is -2.57. The van der Waals surface area contributed by atoms with E-state index in [4.69, 9.17) is 4.74 Å². The number of urea groups is 1. The Morgan fingerprint density at radius 2 is 1.49 bits per heavy atom. The Morgan fingerprint density at radius 1 is 0.860 bits per heavy atom. The molecule has 2 N–H and O–H groups in total. The first kappa shape index (κ1) is 27.1. The van der Waals surface area contributed by atoms with Crippen molar-refractivity contribution in [3.8, 4) is 5.75 Å². The number of barbiturate groups is 1. The van der Waals surface area contributed by atoms with Crippen LogP contribution in [-0.4, -0.2) is 30.4 Å². The van der Waals surface area contributed by atoms with Crippen molar-refractivity contribution in [1.82, 2.24) is 5.32 Å². The maximum absolute atomic E-state index is 13.6. The highest BCUT2D eigenvalue weighted by Gasteiger charge is 2.51. The fraction of sp³-hybridized carbons (Fsp3) is 0.314. The molecule has 3 aromatic rings. The molecule has 8 rings (SSSR count). The van der Waals surface area contributed by atoms with E-state index in [1.165, 1.54) is 50.2 Å². The lowest BCUT2D eigenvalue weighted by molar-refractivity contribution is -0.122. The molecule has 3 aromatic carbocycles. The van der Waals surface area contributed by atoms with E-state index in [-0.39, 0.29) is 23.5 Å². The zero-order valence-corrected chi connectivity index (χ0v) is 23.8. The van der Waals surface area contributed by atoms with Gasteiger partial charge in [0.2, 0.25) is 0 Å². The van der Waals surface area contributed by atoms with Crippen molar-refractivity contribution in [2.75, 3.05) is 16.8 Å². The first-order valence-electron chi connectivity index (χ1n) is 15.0. The molecule has 43 heavy (non-hydrogen) atoms. The molecule has 4 aliphatic carbocycles. The van der Waals surface area contributed by atoms with Crippen LogP contribution in [0.5, 0.6) is 5.75 Å². The number of rotatable bonds is 7. The molecule has 4 saturated carbocycles. The predicted octanol–water partition coefficient (Wildman–Crippen LogP) is 5.84. The van der Waals surface area contributed by atoms with Gasteiger partial charge in [-0.15, -0.1) is 0 Å². The van der Waals surface area contributed by atoms with Gasteiger partial charge in [-0.25, -0.2) is 9.69 Å². The van der Waals surface area contributed by atoms with E-state index in [9.17, 15) is 19.2 Å². The number of imide groups is 2. The molecule has 0 spiro atoms. The highest BCUT2D eigenvalue weighted by Crippen LogP contribution is 2.60. The first-order valence-corrected chi connectivity index (χ1v) is 15.0. The summed E-state index contributed by atoms with van der Waals surface area (Å²) in [5.41, 5.74) is 2.77. The summed E-state index contributed by atoms with van der Waals surface area (Å²) < 4.78 is 5.75. The lowest BCUT2D eigenvalue weighted by atomic mass is 9.48. The molecule has 1 saturated heterocycles. The van der Waals surface area contributed by atoms with Crippen LogP contribution in [0.4, 0.5) is 16.2 Å². The second-order valence-corrected chi connectivity index (χ2v) is 12.4. The quantitative estimate of drug-likeness (QED) is 0.272. The molecule has 0 radical (unpaired) electrons. The van der Waals surface area contributed by atoms with Gasteiger partial charge in [0.1, 0.15) is 11.3 Å². The smallest absolute Gasteiger partial charge is 0.335 e. The molecule has 0 aromatic heterocycles. The Kier molecular flexibility index (Phi) is 6.84. The van der Waals surface area contributed by atoms with Gasteiger partial charge in [-0.1, -0.05) is 48.5 Å². The number of anilines is 2. The first-order chi connectivity index (χ1) is 20.9. The van der Waals surface area contributed by atoms with Gasteiger partial charge in [-0.3, -0.25) is 19.7 Å². The van der Waals surface area contributed by atoms with Crippen LogP contribution in [0.25, 0.3) is 6.08 Å². The van der Waals surface area contributed by atoms with Crippen LogP contribution >= 0.6 is 0 Å².